The number of amides is 1. The van der Waals surface area contributed by atoms with Crippen LogP contribution in [0.25, 0.3) is 32.2 Å². The zero-order valence-corrected chi connectivity index (χ0v) is 27.7. The molecular weight excluding hydrogens is 681 g/mol. The third-order valence-electron chi connectivity index (χ3n) is 10.5. The SMILES string of the molecule is Nc1nc2c(-c3c(Cl)cc4c(N5CC6(CCN(C(=O)n7cncn7)C6)C5)nc(OC[C@@]56CCCN5C[C@H](F)C6)nc4c3F)ccc(F)c2s1. The predicted molar refractivity (Wildman–Crippen MR) is 178 cm³/mol. The highest BCUT2D eigenvalue weighted by Crippen LogP contribution is 2.47. The molecule has 0 bridgehead atoms. The van der Waals surface area contributed by atoms with Gasteiger partial charge in [0.1, 0.15) is 42.6 Å². The van der Waals surface area contributed by atoms with Crippen molar-refractivity contribution in [2.24, 2.45) is 5.41 Å². The van der Waals surface area contributed by atoms with Gasteiger partial charge < -0.3 is 20.3 Å². The maximum Gasteiger partial charge on any atom is 0.346 e. The van der Waals surface area contributed by atoms with Gasteiger partial charge in [-0.05, 0) is 44.0 Å². The number of halogens is 4. The molecule has 17 heteroatoms. The second-order valence-corrected chi connectivity index (χ2v) is 15.1. The second-order valence-electron chi connectivity index (χ2n) is 13.6. The highest BCUT2D eigenvalue weighted by molar-refractivity contribution is 7.22. The summed E-state index contributed by atoms with van der Waals surface area (Å²) in [6.45, 7) is 3.52. The molecule has 2 aromatic carbocycles. The summed E-state index contributed by atoms with van der Waals surface area (Å²) in [4.78, 5) is 36.3. The number of hydrogen-bond donors (Lipinski definition) is 1. The number of aromatic nitrogens is 6. The molecule has 9 rings (SSSR count). The van der Waals surface area contributed by atoms with Gasteiger partial charge in [-0.1, -0.05) is 22.9 Å². The van der Waals surface area contributed by atoms with Crippen LogP contribution in [0.2, 0.25) is 5.02 Å². The first kappa shape index (κ1) is 30.8. The molecule has 0 unspecified atom stereocenters. The van der Waals surface area contributed by atoms with E-state index in [1.807, 2.05) is 4.90 Å². The molecule has 2 N–H and O–H groups in total. The number of thiazole rings is 1. The Morgan fingerprint density at radius 2 is 1.98 bits per heavy atom. The fraction of sp³-hybridized carbons (Fsp3) is 0.438. The van der Waals surface area contributed by atoms with E-state index in [2.05, 4.69) is 25.0 Å². The van der Waals surface area contributed by atoms with Gasteiger partial charge in [-0.15, -0.1) is 0 Å². The molecule has 3 aromatic heterocycles. The smallest absolute Gasteiger partial charge is 0.346 e. The van der Waals surface area contributed by atoms with E-state index in [1.54, 1.807) is 11.0 Å². The molecule has 7 heterocycles. The number of nitrogens with two attached hydrogens (primary N) is 1. The summed E-state index contributed by atoms with van der Waals surface area (Å²) >= 11 is 7.79. The molecule has 1 amide bonds. The minimum atomic E-state index is -0.939. The average molecular weight is 711 g/mol. The average Bonchev–Trinajstić information content (AvgIpc) is 3.89. The van der Waals surface area contributed by atoms with Crippen LogP contribution in [0, 0.1) is 17.0 Å². The first-order chi connectivity index (χ1) is 23.6. The number of carbonyl (C=O) groups excluding carboxylic acids is 1. The highest BCUT2D eigenvalue weighted by atomic mass is 35.5. The Bertz CT molecular complexity index is 2150. The van der Waals surface area contributed by atoms with Crippen LogP contribution in [0.5, 0.6) is 6.01 Å². The van der Waals surface area contributed by atoms with E-state index < -0.39 is 23.3 Å². The zero-order valence-electron chi connectivity index (χ0n) is 26.1. The molecule has 0 radical (unpaired) electrons. The van der Waals surface area contributed by atoms with Gasteiger partial charge in [0, 0.05) is 61.1 Å². The Morgan fingerprint density at radius 3 is 2.80 bits per heavy atom. The van der Waals surface area contributed by atoms with Gasteiger partial charge in [0.25, 0.3) is 0 Å². The van der Waals surface area contributed by atoms with Crippen LogP contribution >= 0.6 is 22.9 Å². The summed E-state index contributed by atoms with van der Waals surface area (Å²) in [5.41, 5.74) is 5.73. The molecule has 4 fully saturated rings. The van der Waals surface area contributed by atoms with E-state index in [-0.39, 0.29) is 61.1 Å². The molecule has 2 atom stereocenters. The highest BCUT2D eigenvalue weighted by Gasteiger charge is 2.51. The fourth-order valence-electron chi connectivity index (χ4n) is 8.28. The Labute approximate surface area is 286 Å². The van der Waals surface area contributed by atoms with Gasteiger partial charge in [0.2, 0.25) is 0 Å². The summed E-state index contributed by atoms with van der Waals surface area (Å²) in [5.74, 6) is -0.813. The van der Waals surface area contributed by atoms with Gasteiger partial charge in [-0.25, -0.2) is 27.9 Å². The summed E-state index contributed by atoms with van der Waals surface area (Å²) < 4.78 is 53.7. The van der Waals surface area contributed by atoms with E-state index in [9.17, 15) is 13.6 Å². The summed E-state index contributed by atoms with van der Waals surface area (Å²) in [5, 5.41) is 4.56. The van der Waals surface area contributed by atoms with Gasteiger partial charge in [0.15, 0.2) is 10.9 Å². The third kappa shape index (κ3) is 4.89. The lowest BCUT2D eigenvalue weighted by Gasteiger charge is -2.48. The van der Waals surface area contributed by atoms with Crippen LogP contribution in [-0.4, -0.2) is 103 Å². The Morgan fingerprint density at radius 1 is 1.12 bits per heavy atom. The number of likely N-dealkylation sites (tertiary alicyclic amines) is 1. The first-order valence-corrected chi connectivity index (χ1v) is 17.3. The van der Waals surface area contributed by atoms with Crippen molar-refractivity contribution in [1.29, 1.82) is 0 Å². The van der Waals surface area contributed by atoms with Crippen LogP contribution in [0.4, 0.5) is 28.9 Å². The molecule has 4 aliphatic rings. The van der Waals surface area contributed by atoms with E-state index in [4.69, 9.17) is 27.1 Å². The van der Waals surface area contributed by atoms with Crippen molar-refractivity contribution < 1.29 is 22.7 Å². The monoisotopic (exact) mass is 710 g/mol. The normalized spacial score (nSPS) is 23.2. The van der Waals surface area contributed by atoms with Crippen LogP contribution in [0.1, 0.15) is 25.7 Å². The van der Waals surface area contributed by atoms with Crippen molar-refractivity contribution in [3.8, 4) is 17.1 Å². The number of fused-ring (bicyclic) bond motifs is 3. The standard InChI is InChI=1S/C32H30ClF3N10O2S/c33-20-8-19-24(23(36)22(20)18-2-3-21(35)26-25(18)40-28(37)49-26)41-29(48-14-32-4-1-6-45(32)10-17(34)9-32)42-27(19)44-12-31(13-44)5-7-43(11-31)30(47)46-16-38-15-39-46/h2-3,8,15-17H,1,4-7,9-14H2,(H2,37,40)/t17-,32+/m1/s1. The van der Waals surface area contributed by atoms with Gasteiger partial charge in [-0.2, -0.15) is 19.7 Å². The molecule has 4 saturated heterocycles. The quantitative estimate of drug-likeness (QED) is 0.261. The van der Waals surface area contributed by atoms with Crippen molar-refractivity contribution >= 4 is 61.0 Å². The first-order valence-electron chi connectivity index (χ1n) is 16.1. The van der Waals surface area contributed by atoms with Gasteiger partial charge >= 0.3 is 12.0 Å². The van der Waals surface area contributed by atoms with Crippen molar-refractivity contribution in [1.82, 2.24) is 39.5 Å². The number of benzene rings is 2. The predicted octanol–water partition coefficient (Wildman–Crippen LogP) is 5.15. The molecule has 4 aliphatic heterocycles. The van der Waals surface area contributed by atoms with Crippen LogP contribution in [0.15, 0.2) is 30.9 Å². The van der Waals surface area contributed by atoms with Crippen LogP contribution in [0.3, 0.4) is 0 Å². The fourth-order valence-corrected chi connectivity index (χ4v) is 9.33. The molecule has 5 aromatic rings. The summed E-state index contributed by atoms with van der Waals surface area (Å²) in [7, 11) is 0. The maximum absolute atomic E-state index is 16.9. The largest absolute Gasteiger partial charge is 0.461 e. The van der Waals surface area contributed by atoms with E-state index in [0.717, 1.165) is 37.1 Å². The molecule has 1 spiro atoms. The number of carbonyl (C=O) groups is 1. The second kappa shape index (κ2) is 11.1. The lowest BCUT2D eigenvalue weighted by atomic mass is 9.79. The number of ether oxygens (including phenoxy) is 1. The number of anilines is 2. The molecular formula is C32H30ClF3N10O2S. The van der Waals surface area contributed by atoms with Crippen molar-refractivity contribution in [2.45, 2.75) is 37.4 Å². The van der Waals surface area contributed by atoms with Crippen LogP contribution < -0.4 is 15.4 Å². The molecule has 49 heavy (non-hydrogen) atoms. The van der Waals surface area contributed by atoms with Crippen molar-refractivity contribution in [2.75, 3.05) is 56.5 Å². The third-order valence-corrected chi connectivity index (χ3v) is 11.7. The molecule has 254 valence electrons. The Kier molecular flexibility index (Phi) is 6.98. The summed E-state index contributed by atoms with van der Waals surface area (Å²) in [6, 6.07) is 4.01. The number of hydrogen-bond acceptors (Lipinski definition) is 11. The number of nitrogen functional groups attached to an aromatic ring is 1. The topological polar surface area (TPSA) is 131 Å². The van der Waals surface area contributed by atoms with E-state index >= 15 is 4.39 Å². The van der Waals surface area contributed by atoms with Crippen LogP contribution in [-0.2, 0) is 0 Å². The Hall–Kier alpha value is -4.28. The number of alkyl halides is 1. The van der Waals surface area contributed by atoms with Crippen molar-refractivity contribution in [3.05, 3.63) is 47.5 Å². The number of nitrogens with zero attached hydrogens (tertiary/aromatic N) is 9. The maximum atomic E-state index is 16.9. The lowest BCUT2D eigenvalue weighted by Crippen LogP contribution is -2.58. The minimum absolute atomic E-state index is 0.00910. The van der Waals surface area contributed by atoms with Crippen molar-refractivity contribution in [3.63, 3.8) is 0 Å². The van der Waals surface area contributed by atoms with E-state index in [1.165, 1.54) is 29.5 Å². The summed E-state index contributed by atoms with van der Waals surface area (Å²) in [6.07, 6.45) is 4.62. The Balaban J connectivity index is 1.09. The molecule has 0 saturated carbocycles. The molecule has 0 aliphatic carbocycles. The molecule has 12 nitrogen and oxygen atoms in total. The zero-order chi connectivity index (χ0) is 33.7. The number of rotatable bonds is 5. The lowest BCUT2D eigenvalue weighted by molar-refractivity contribution is 0.107. The van der Waals surface area contributed by atoms with Gasteiger partial charge in [-0.3, -0.25) is 4.90 Å². The van der Waals surface area contributed by atoms with E-state index in [0.29, 0.717) is 50.3 Å². The van der Waals surface area contributed by atoms with Gasteiger partial charge in [0.05, 0.1) is 20.8 Å². The minimum Gasteiger partial charge on any atom is -0.461 e.